The third-order valence-electron chi connectivity index (χ3n) is 20.7. The first kappa shape index (κ1) is 85.6. The molecular formula is C81H86Cl3N9O24. The number of aliphatic hydroxyl groups is 6. The Morgan fingerprint density at radius 1 is 0.667 bits per heavy atom. The number of carbonyl (C=O) groups is 8. The number of benzene rings is 7. The molecule has 14 rings (SSSR count). The largest absolute Gasteiger partial charge is 0.508 e. The van der Waals surface area contributed by atoms with Crippen LogP contribution in [0.15, 0.2) is 127 Å². The van der Waals surface area contributed by atoms with Gasteiger partial charge in [0.05, 0.1) is 41.3 Å². The number of carboxylic acid groups (broad SMARTS) is 1. The van der Waals surface area contributed by atoms with Crippen LogP contribution in [0.25, 0.3) is 23.3 Å². The van der Waals surface area contributed by atoms with Crippen molar-refractivity contribution in [3.63, 3.8) is 0 Å². The van der Waals surface area contributed by atoms with Crippen LogP contribution in [-0.2, 0) is 59.1 Å². The monoisotopic (exact) mass is 1670 g/mol. The van der Waals surface area contributed by atoms with E-state index in [0.29, 0.717) is 5.02 Å². The molecule has 0 aliphatic carbocycles. The van der Waals surface area contributed by atoms with Gasteiger partial charge in [-0.05, 0) is 139 Å². The van der Waals surface area contributed by atoms with Crippen LogP contribution in [0.4, 0.5) is 0 Å². The van der Waals surface area contributed by atoms with Gasteiger partial charge in [-0.1, -0.05) is 115 Å². The van der Waals surface area contributed by atoms with Crippen molar-refractivity contribution in [3.05, 3.63) is 187 Å². The van der Waals surface area contributed by atoms with Gasteiger partial charge in [0.25, 0.3) is 0 Å². The number of hydrogen-bond acceptors (Lipinski definition) is 25. The van der Waals surface area contributed by atoms with Gasteiger partial charge in [0, 0.05) is 46.3 Å². The van der Waals surface area contributed by atoms with Crippen LogP contribution in [0, 0.1) is 5.92 Å². The smallest absolute Gasteiger partial charge is 0.330 e. The maximum Gasteiger partial charge on any atom is 0.330 e. The zero-order valence-corrected chi connectivity index (χ0v) is 65.4. The van der Waals surface area contributed by atoms with Crippen molar-refractivity contribution in [3.8, 4) is 57.1 Å². The number of phenols is 3. The summed E-state index contributed by atoms with van der Waals surface area (Å²) in [7, 11) is 1.48. The lowest BCUT2D eigenvalue weighted by molar-refractivity contribution is -0.277. The van der Waals surface area contributed by atoms with Crippen LogP contribution in [0.1, 0.15) is 122 Å². The summed E-state index contributed by atoms with van der Waals surface area (Å²) in [5, 5.41) is 136. The first-order valence-corrected chi connectivity index (χ1v) is 38.2. The van der Waals surface area contributed by atoms with Crippen molar-refractivity contribution in [1.29, 1.82) is 0 Å². The van der Waals surface area contributed by atoms with Gasteiger partial charge in [-0.3, -0.25) is 33.6 Å². The van der Waals surface area contributed by atoms with Crippen LogP contribution in [0.3, 0.4) is 0 Å². The van der Waals surface area contributed by atoms with Crippen molar-refractivity contribution in [1.82, 2.24) is 42.5 Å². The van der Waals surface area contributed by atoms with Gasteiger partial charge < -0.3 is 128 Å². The summed E-state index contributed by atoms with van der Waals surface area (Å²) in [5.74, 6) is -16.0. The van der Waals surface area contributed by atoms with Crippen LogP contribution >= 0.6 is 34.8 Å². The van der Waals surface area contributed by atoms with E-state index in [9.17, 15) is 70.2 Å². The molecule has 20 N–H and O–H groups in total. The lowest BCUT2D eigenvalue weighted by Gasteiger charge is -2.47. The van der Waals surface area contributed by atoms with E-state index in [0.717, 1.165) is 65.2 Å². The van der Waals surface area contributed by atoms with Crippen LogP contribution in [0.5, 0.6) is 46.0 Å². The third-order valence-corrected chi connectivity index (χ3v) is 21.6. The number of primary amides is 1. The number of nitrogens with two attached hydrogens (primary N) is 1. The SMILES string of the molecule is CN[C@H](CC(C)C)C(=O)N[C@H]1C(=O)N[C@@H](CC(N)=O)C(=O)N[C@H]2C(=O)NC3C(=O)NC(C(=O)N[C@@H](C(=O)O)c4cc(O)cc(O)c4-c4cc3ccc4O)[C@H](O[C@H]3C[C@](C)(NCc4ccc(/C=C/c5ccc(Cl)cc5)cc4)[C@@H](O)[C@H](C)O3)c3ccc(c(Cl)c3)Oc3cc2cc(c3O[C@@H]2O[C@H](CO)[C@@H](O)[C@H](O)[C@H]2O)Oc2ccc(cc2Cl)[C@H]1O. The summed E-state index contributed by atoms with van der Waals surface area (Å²) in [6.45, 7) is 6.04. The number of nitrogens with one attached hydrogen (secondary N) is 8. The second-order valence-electron chi connectivity index (χ2n) is 29.6. The number of carboxylic acids is 1. The van der Waals surface area contributed by atoms with Crippen molar-refractivity contribution in [2.45, 2.75) is 163 Å². The van der Waals surface area contributed by atoms with Gasteiger partial charge in [-0.25, -0.2) is 4.79 Å². The minimum atomic E-state index is -2.36. The molecule has 7 aliphatic rings. The summed E-state index contributed by atoms with van der Waals surface area (Å²) in [4.78, 5) is 120. The number of aliphatic carboxylic acids is 1. The average Bonchev–Trinajstić information content (AvgIpc) is 0.762. The molecule has 2 saturated heterocycles. The Kier molecular flexibility index (Phi) is 26.4. The number of likely N-dealkylation sites (N-methyl/N-ethyl adjacent to an activating group) is 1. The quantitative estimate of drug-likeness (QED) is 0.0515. The van der Waals surface area contributed by atoms with Crippen LogP contribution < -0.4 is 62.5 Å². The summed E-state index contributed by atoms with van der Waals surface area (Å²) in [5.41, 5.74) is 4.28. The minimum Gasteiger partial charge on any atom is -0.508 e. The minimum absolute atomic E-state index is 0.104. The Bertz CT molecular complexity index is 4990. The Morgan fingerprint density at radius 2 is 1.27 bits per heavy atom. The maximum atomic E-state index is 16.4. The second kappa shape index (κ2) is 36.0. The molecule has 33 nitrogen and oxygen atoms in total. The molecule has 620 valence electrons. The normalized spacial score (nSPS) is 27.1. The number of rotatable bonds is 18. The molecular weight excluding hydrogens is 1590 g/mol. The predicted octanol–water partition coefficient (Wildman–Crippen LogP) is 4.76. The number of fused-ring (bicyclic) bond motifs is 15. The van der Waals surface area contributed by atoms with Crippen molar-refractivity contribution < 1.29 is 118 Å². The number of aliphatic hydroxyl groups excluding tert-OH is 6. The predicted molar refractivity (Wildman–Crippen MR) is 419 cm³/mol. The van der Waals surface area contributed by atoms with Crippen molar-refractivity contribution in [2.75, 3.05) is 13.7 Å². The van der Waals surface area contributed by atoms with Gasteiger partial charge in [0.15, 0.2) is 23.8 Å². The van der Waals surface area contributed by atoms with E-state index < -0.39 is 237 Å². The number of halogens is 3. The number of phenolic OH excluding ortho intramolecular Hbond substituents is 3. The van der Waals surface area contributed by atoms with E-state index in [4.69, 9.17) is 69.0 Å². The summed E-state index contributed by atoms with van der Waals surface area (Å²) < 4.78 is 38.9. The van der Waals surface area contributed by atoms with Gasteiger partial charge in [0.1, 0.15) is 95.6 Å². The molecule has 2 fully saturated rings. The lowest BCUT2D eigenvalue weighted by Crippen LogP contribution is -2.63. The van der Waals surface area contributed by atoms with Gasteiger partial charge in [-0.2, -0.15) is 0 Å². The van der Waals surface area contributed by atoms with E-state index in [2.05, 4.69) is 42.5 Å². The molecule has 0 radical (unpaired) electrons. The molecule has 7 aliphatic heterocycles. The molecule has 11 bridgehead atoms. The zero-order chi connectivity index (χ0) is 84.3. The topological polar surface area (TPSA) is 517 Å². The van der Waals surface area contributed by atoms with E-state index in [1.165, 1.54) is 44.3 Å². The van der Waals surface area contributed by atoms with Gasteiger partial charge >= 0.3 is 5.97 Å². The molecule has 36 heteroatoms. The Hall–Kier alpha value is -10.7. The van der Waals surface area contributed by atoms with Gasteiger partial charge in [-0.15, -0.1) is 0 Å². The van der Waals surface area contributed by atoms with Crippen molar-refractivity contribution in [2.24, 2.45) is 11.7 Å². The first-order chi connectivity index (χ1) is 55.6. The van der Waals surface area contributed by atoms with E-state index in [1.54, 1.807) is 19.1 Å². The summed E-state index contributed by atoms with van der Waals surface area (Å²) in [6, 6.07) is 14.5. The lowest BCUT2D eigenvalue weighted by atomic mass is 9.84. The molecule has 18 atom stereocenters. The molecule has 117 heavy (non-hydrogen) atoms. The number of carbonyl (C=O) groups excluding carboxylic acids is 7. The number of amides is 7. The Morgan fingerprint density at radius 3 is 1.89 bits per heavy atom. The Balaban J connectivity index is 1.05. The summed E-state index contributed by atoms with van der Waals surface area (Å²) >= 11 is 20.5. The van der Waals surface area contributed by atoms with Gasteiger partial charge in [0.2, 0.25) is 53.4 Å². The third kappa shape index (κ3) is 19.1. The molecule has 0 aromatic heterocycles. The number of ether oxygens (including phenoxy) is 6. The fraction of sp³-hybridized carbons (Fsp3) is 0.358. The highest BCUT2D eigenvalue weighted by Crippen LogP contribution is 2.50. The fourth-order valence-corrected chi connectivity index (χ4v) is 15.0. The average molecular weight is 1680 g/mol. The standard InChI is InChI=1S/C81H86Cl3N9O24/c1-34(2)22-49(86-5)73(104)92-64-66(99)40-15-20-53(47(83)24-40)113-55-26-42-27-56(71(55)117-80-69(102)68(101)67(100)57(33-94)115-80)114-54-21-16-41(25-48(54)84)70(116-59-31-81(4,72(103)35(3)112-59)87-32-38-10-8-36(9-11-38)6-7-37-12-17-43(82)18-13-37)65-78(109)91-63(79(110)111)46-28-44(95)29-52(97)60(46)45-23-39(14-19-51(45)96)61(75(106)93-65)90-76(107)62(42)89-74(105)50(30-58(85)98)88-77(64)108/h6-21,23-29,34-35,49-50,57,59,61-70,72,80,86-87,94-97,99-103H,22,30-33H2,1-5H3,(H2,85,98)(H,88,108)(H,89,105)(H,90,107)(H,91,109)(H,92,104)(H,93,106)(H,110,111)/b7-6+/t35-,49+,50-,57+,59-,61?,62+,63+,64+,65?,66+,67+,68-,69+,70+,72-,80-,81-/m0/s1. The van der Waals surface area contributed by atoms with E-state index in [1.807, 2.05) is 62.4 Å². The molecule has 7 amide bonds. The molecule has 7 aromatic carbocycles. The first-order valence-electron chi connectivity index (χ1n) is 37.0. The van der Waals surface area contributed by atoms with Crippen molar-refractivity contribution >= 4 is 94.3 Å². The summed E-state index contributed by atoms with van der Waals surface area (Å²) in [6.07, 6.45) is -15.2. The highest BCUT2D eigenvalue weighted by atomic mass is 35.5. The molecule has 7 aromatic rings. The molecule has 2 unspecified atom stereocenters. The molecule has 0 saturated carbocycles. The van der Waals surface area contributed by atoms with Crippen LogP contribution in [0.2, 0.25) is 15.1 Å². The zero-order valence-electron chi connectivity index (χ0n) is 63.1. The number of aromatic hydroxyl groups is 3. The number of hydrogen-bond donors (Lipinski definition) is 19. The Labute approximate surface area is 683 Å². The van der Waals surface area contributed by atoms with E-state index >= 15 is 19.2 Å². The molecule has 7 heterocycles. The molecule has 0 spiro atoms. The van der Waals surface area contributed by atoms with Crippen LogP contribution in [-0.4, -0.2) is 191 Å². The highest BCUT2D eigenvalue weighted by molar-refractivity contribution is 6.32. The second-order valence-corrected chi connectivity index (χ2v) is 30.9. The highest BCUT2D eigenvalue weighted by Gasteiger charge is 2.50. The van der Waals surface area contributed by atoms with E-state index in [-0.39, 0.29) is 52.8 Å². The maximum absolute atomic E-state index is 16.4. The fourth-order valence-electron chi connectivity index (χ4n) is 14.5.